The van der Waals surface area contributed by atoms with Gasteiger partial charge in [-0.1, -0.05) is 0 Å². The van der Waals surface area contributed by atoms with E-state index in [0.717, 1.165) is 11.8 Å². The predicted octanol–water partition coefficient (Wildman–Crippen LogP) is 2.35. The summed E-state index contributed by atoms with van der Waals surface area (Å²) in [5, 5.41) is 11.7. The van der Waals surface area contributed by atoms with Crippen LogP contribution >= 0.6 is 0 Å². The second-order valence-corrected chi connectivity index (χ2v) is 3.98. The molecule has 2 aromatic rings. The summed E-state index contributed by atoms with van der Waals surface area (Å²) < 4.78 is 18.7. The number of carboxylic acid groups (broad SMARTS) is 1. The number of furan rings is 1. The van der Waals surface area contributed by atoms with Crippen LogP contribution in [0.4, 0.5) is 15.8 Å². The maximum Gasteiger partial charge on any atom is 0.337 e. The first-order valence-corrected chi connectivity index (χ1v) is 5.66. The van der Waals surface area contributed by atoms with Gasteiger partial charge in [-0.2, -0.15) is 0 Å². The van der Waals surface area contributed by atoms with Crippen LogP contribution in [0.1, 0.15) is 16.1 Å². The van der Waals surface area contributed by atoms with Crippen LogP contribution in [-0.2, 0) is 6.42 Å². The Morgan fingerprint density at radius 3 is 2.89 bits per heavy atom. The first-order valence-electron chi connectivity index (χ1n) is 5.66. The number of hydrogen-bond acceptors (Lipinski definition) is 4. The van der Waals surface area contributed by atoms with Gasteiger partial charge in [0, 0.05) is 18.7 Å². The molecular formula is C13H13FN2O3. The highest BCUT2D eigenvalue weighted by Gasteiger charge is 2.13. The third-order valence-corrected chi connectivity index (χ3v) is 2.64. The molecule has 0 fully saturated rings. The summed E-state index contributed by atoms with van der Waals surface area (Å²) in [7, 11) is 0. The Morgan fingerprint density at radius 1 is 1.47 bits per heavy atom. The van der Waals surface area contributed by atoms with Crippen LogP contribution in [0.15, 0.2) is 34.9 Å². The van der Waals surface area contributed by atoms with Crippen LogP contribution in [0.2, 0.25) is 0 Å². The number of nitrogens with two attached hydrogens (primary N) is 1. The first-order chi connectivity index (χ1) is 9.08. The van der Waals surface area contributed by atoms with Gasteiger partial charge in [-0.25, -0.2) is 9.18 Å². The zero-order chi connectivity index (χ0) is 13.8. The average molecular weight is 264 g/mol. The van der Waals surface area contributed by atoms with Crippen LogP contribution in [-0.4, -0.2) is 17.6 Å². The molecule has 0 aliphatic carbocycles. The van der Waals surface area contributed by atoms with Gasteiger partial charge in [0.25, 0.3) is 0 Å². The van der Waals surface area contributed by atoms with E-state index in [1.54, 1.807) is 12.3 Å². The molecule has 0 aliphatic rings. The van der Waals surface area contributed by atoms with Gasteiger partial charge in [0.2, 0.25) is 0 Å². The van der Waals surface area contributed by atoms with Crippen molar-refractivity contribution in [3.63, 3.8) is 0 Å². The third-order valence-electron chi connectivity index (χ3n) is 2.64. The molecule has 19 heavy (non-hydrogen) atoms. The number of carbonyl (C=O) groups is 1. The van der Waals surface area contributed by atoms with Gasteiger partial charge in [0.15, 0.2) is 0 Å². The molecule has 0 unspecified atom stereocenters. The quantitative estimate of drug-likeness (QED) is 0.721. The van der Waals surface area contributed by atoms with Crippen molar-refractivity contribution in [3.8, 4) is 0 Å². The SMILES string of the molecule is Nc1cc(F)c(NCCc2ccco2)cc1C(=O)O. The number of rotatable bonds is 5. The number of halogens is 1. The summed E-state index contributed by atoms with van der Waals surface area (Å²) in [5.41, 5.74) is 5.32. The maximum atomic E-state index is 13.6. The third kappa shape index (κ3) is 3.04. The Labute approximate surface area is 108 Å². The minimum Gasteiger partial charge on any atom is -0.478 e. The van der Waals surface area contributed by atoms with Crippen molar-refractivity contribution >= 4 is 17.3 Å². The highest BCUT2D eigenvalue weighted by molar-refractivity contribution is 5.94. The molecule has 1 heterocycles. The van der Waals surface area contributed by atoms with Crippen molar-refractivity contribution in [2.45, 2.75) is 6.42 Å². The van der Waals surface area contributed by atoms with E-state index < -0.39 is 11.8 Å². The van der Waals surface area contributed by atoms with Crippen LogP contribution in [0.5, 0.6) is 0 Å². The van der Waals surface area contributed by atoms with Gasteiger partial charge >= 0.3 is 5.97 Å². The second-order valence-electron chi connectivity index (χ2n) is 3.98. The monoisotopic (exact) mass is 264 g/mol. The number of carboxylic acids is 1. The number of nitrogen functional groups attached to an aromatic ring is 1. The Hall–Kier alpha value is -2.50. The molecule has 0 bridgehead atoms. The highest BCUT2D eigenvalue weighted by Crippen LogP contribution is 2.22. The fraction of sp³-hybridized carbons (Fsp3) is 0.154. The molecule has 0 saturated carbocycles. The Balaban J connectivity index is 2.07. The minimum absolute atomic E-state index is 0.0958. The number of aromatic carboxylic acids is 1. The molecule has 1 aromatic heterocycles. The average Bonchev–Trinajstić information content (AvgIpc) is 2.84. The molecule has 0 spiro atoms. The fourth-order valence-electron chi connectivity index (χ4n) is 1.68. The van der Waals surface area contributed by atoms with Gasteiger partial charge in [-0.15, -0.1) is 0 Å². The summed E-state index contributed by atoms with van der Waals surface area (Å²) in [6, 6.07) is 5.76. The Kier molecular flexibility index (Phi) is 3.70. The van der Waals surface area contributed by atoms with E-state index in [-0.39, 0.29) is 16.9 Å². The molecule has 0 radical (unpaired) electrons. The molecule has 0 atom stereocenters. The summed E-state index contributed by atoms with van der Waals surface area (Å²) in [6.45, 7) is 0.424. The topological polar surface area (TPSA) is 88.5 Å². The van der Waals surface area contributed by atoms with E-state index in [9.17, 15) is 9.18 Å². The van der Waals surface area contributed by atoms with E-state index in [4.69, 9.17) is 15.3 Å². The lowest BCUT2D eigenvalue weighted by Gasteiger charge is -2.09. The predicted molar refractivity (Wildman–Crippen MR) is 68.7 cm³/mol. The van der Waals surface area contributed by atoms with Crippen molar-refractivity contribution in [3.05, 3.63) is 47.7 Å². The molecule has 5 nitrogen and oxygen atoms in total. The maximum absolute atomic E-state index is 13.6. The molecule has 0 amide bonds. The van der Waals surface area contributed by atoms with Crippen molar-refractivity contribution in [1.82, 2.24) is 0 Å². The Bertz CT molecular complexity index is 582. The van der Waals surface area contributed by atoms with E-state index in [0.29, 0.717) is 13.0 Å². The van der Waals surface area contributed by atoms with E-state index in [2.05, 4.69) is 5.32 Å². The summed E-state index contributed by atoms with van der Waals surface area (Å²) in [5.74, 6) is -1.00. The minimum atomic E-state index is -1.19. The zero-order valence-corrected chi connectivity index (χ0v) is 10.0. The molecule has 0 aliphatic heterocycles. The molecule has 0 saturated heterocycles. The summed E-state index contributed by atoms with van der Waals surface area (Å²) in [6.07, 6.45) is 2.13. The highest BCUT2D eigenvalue weighted by atomic mass is 19.1. The molecule has 100 valence electrons. The van der Waals surface area contributed by atoms with Crippen LogP contribution in [0.3, 0.4) is 0 Å². The van der Waals surface area contributed by atoms with Gasteiger partial charge in [0.05, 0.1) is 17.5 Å². The number of anilines is 2. The lowest BCUT2D eigenvalue weighted by atomic mass is 10.1. The lowest BCUT2D eigenvalue weighted by Crippen LogP contribution is -2.09. The number of hydrogen-bond donors (Lipinski definition) is 3. The molecular weight excluding hydrogens is 251 g/mol. The molecule has 4 N–H and O–H groups in total. The van der Waals surface area contributed by atoms with Gasteiger partial charge in [-0.3, -0.25) is 0 Å². The normalized spacial score (nSPS) is 10.4. The van der Waals surface area contributed by atoms with Crippen LogP contribution in [0.25, 0.3) is 0 Å². The number of benzene rings is 1. The van der Waals surface area contributed by atoms with Gasteiger partial charge in [-0.05, 0) is 24.3 Å². The number of nitrogens with one attached hydrogen (secondary N) is 1. The van der Waals surface area contributed by atoms with Crippen molar-refractivity contribution < 1.29 is 18.7 Å². The standard InChI is InChI=1S/C13H13FN2O3/c14-10-7-11(15)9(13(17)18)6-12(10)16-4-3-8-2-1-5-19-8/h1-2,5-7,16H,3-4,15H2,(H,17,18). The van der Waals surface area contributed by atoms with Crippen molar-refractivity contribution in [2.24, 2.45) is 0 Å². The van der Waals surface area contributed by atoms with E-state index in [1.807, 2.05) is 6.07 Å². The molecule has 2 rings (SSSR count). The van der Waals surface area contributed by atoms with Crippen molar-refractivity contribution in [1.29, 1.82) is 0 Å². The lowest BCUT2D eigenvalue weighted by molar-refractivity contribution is 0.0698. The van der Waals surface area contributed by atoms with E-state index >= 15 is 0 Å². The Morgan fingerprint density at radius 2 is 2.26 bits per heavy atom. The summed E-state index contributed by atoms with van der Waals surface area (Å²) >= 11 is 0. The first kappa shape index (κ1) is 12.9. The fourth-order valence-corrected chi connectivity index (χ4v) is 1.68. The second kappa shape index (κ2) is 5.43. The van der Waals surface area contributed by atoms with Crippen molar-refractivity contribution in [2.75, 3.05) is 17.6 Å². The van der Waals surface area contributed by atoms with Crippen LogP contribution < -0.4 is 11.1 Å². The molecule has 1 aromatic carbocycles. The van der Waals surface area contributed by atoms with Gasteiger partial charge < -0.3 is 20.6 Å². The molecule has 6 heteroatoms. The zero-order valence-electron chi connectivity index (χ0n) is 10.0. The largest absolute Gasteiger partial charge is 0.478 e. The smallest absolute Gasteiger partial charge is 0.337 e. The van der Waals surface area contributed by atoms with Crippen LogP contribution in [0, 0.1) is 5.82 Å². The van der Waals surface area contributed by atoms with E-state index in [1.165, 1.54) is 6.07 Å². The van der Waals surface area contributed by atoms with Gasteiger partial charge in [0.1, 0.15) is 11.6 Å². The summed E-state index contributed by atoms with van der Waals surface area (Å²) in [4.78, 5) is 10.9.